The number of hydrogen-bond acceptors (Lipinski definition) is 4. The summed E-state index contributed by atoms with van der Waals surface area (Å²) in [7, 11) is 0. The zero-order valence-electron chi connectivity index (χ0n) is 13.9. The average Bonchev–Trinajstić information content (AvgIpc) is 2.56. The van der Waals surface area contributed by atoms with Crippen molar-refractivity contribution < 1.29 is 9.72 Å². The van der Waals surface area contributed by atoms with Gasteiger partial charge in [-0.05, 0) is 25.0 Å². The summed E-state index contributed by atoms with van der Waals surface area (Å²) in [5, 5.41) is 11.4. The number of rotatable bonds is 7. The first-order valence-electron chi connectivity index (χ1n) is 8.03. The van der Waals surface area contributed by atoms with Crippen LogP contribution in [0.25, 0.3) is 10.9 Å². The minimum Gasteiger partial charge on any atom is -0.341 e. The highest BCUT2D eigenvalue weighted by Crippen LogP contribution is 2.19. The molecule has 24 heavy (non-hydrogen) atoms. The van der Waals surface area contributed by atoms with Crippen LogP contribution in [0.4, 0.5) is 5.69 Å². The van der Waals surface area contributed by atoms with E-state index in [1.165, 1.54) is 28.8 Å². The number of hydrogen-bond donors (Lipinski definition) is 0. The SMILES string of the molecule is CCCN(CCC)C(=O)Cn1c(=O)ccc2cc([N+](=O)[O-])ccc21. The number of nitrogens with zero attached hydrogens (tertiary/aromatic N) is 3. The molecule has 7 nitrogen and oxygen atoms in total. The number of non-ortho nitro benzene ring substituents is 1. The third-order valence-electron chi connectivity index (χ3n) is 3.82. The van der Waals surface area contributed by atoms with Crippen LogP contribution in [0.3, 0.4) is 0 Å². The van der Waals surface area contributed by atoms with Crippen LogP contribution < -0.4 is 5.56 Å². The summed E-state index contributed by atoms with van der Waals surface area (Å²) < 4.78 is 1.37. The summed E-state index contributed by atoms with van der Waals surface area (Å²) in [5.74, 6) is -0.119. The largest absolute Gasteiger partial charge is 0.341 e. The number of aromatic nitrogens is 1. The van der Waals surface area contributed by atoms with E-state index in [0.29, 0.717) is 24.0 Å². The lowest BCUT2D eigenvalue weighted by atomic mass is 10.2. The Morgan fingerprint density at radius 3 is 2.42 bits per heavy atom. The number of benzene rings is 1. The standard InChI is InChI=1S/C17H21N3O4/c1-3-9-18(10-4-2)17(22)12-19-15-7-6-14(20(23)24)11-13(15)5-8-16(19)21/h5-8,11H,3-4,9-10,12H2,1-2H3. The summed E-state index contributed by atoms with van der Waals surface area (Å²) in [5.41, 5.74) is 0.185. The summed E-state index contributed by atoms with van der Waals surface area (Å²) in [6.45, 7) is 5.24. The summed E-state index contributed by atoms with van der Waals surface area (Å²) in [4.78, 5) is 36.9. The summed E-state index contributed by atoms with van der Waals surface area (Å²) in [6, 6.07) is 7.15. The molecular formula is C17H21N3O4. The van der Waals surface area contributed by atoms with Gasteiger partial charge in [0.1, 0.15) is 6.54 Å². The molecule has 0 atom stereocenters. The minimum absolute atomic E-state index is 0.0439. The van der Waals surface area contributed by atoms with Crippen LogP contribution in [0.15, 0.2) is 35.1 Å². The van der Waals surface area contributed by atoms with E-state index in [9.17, 15) is 19.7 Å². The van der Waals surface area contributed by atoms with Gasteiger partial charge in [0.15, 0.2) is 0 Å². The third-order valence-corrected chi connectivity index (χ3v) is 3.82. The molecule has 0 fully saturated rings. The number of carbonyl (C=O) groups is 1. The molecule has 128 valence electrons. The van der Waals surface area contributed by atoms with Crippen molar-refractivity contribution in [1.82, 2.24) is 9.47 Å². The van der Waals surface area contributed by atoms with Gasteiger partial charge in [-0.25, -0.2) is 0 Å². The number of carbonyl (C=O) groups excluding carboxylic acids is 1. The first kappa shape index (κ1) is 17.7. The van der Waals surface area contributed by atoms with Crippen molar-refractivity contribution in [3.05, 3.63) is 50.8 Å². The average molecular weight is 331 g/mol. The first-order valence-corrected chi connectivity index (χ1v) is 8.03. The van der Waals surface area contributed by atoms with Gasteiger partial charge in [-0.1, -0.05) is 13.8 Å². The molecule has 0 N–H and O–H groups in total. The monoisotopic (exact) mass is 331 g/mol. The fraction of sp³-hybridized carbons (Fsp3) is 0.412. The van der Waals surface area contributed by atoms with Crippen LogP contribution >= 0.6 is 0 Å². The Balaban J connectivity index is 2.40. The first-order chi connectivity index (χ1) is 11.5. The van der Waals surface area contributed by atoms with Crippen molar-refractivity contribution in [2.45, 2.75) is 33.2 Å². The minimum atomic E-state index is -0.482. The van der Waals surface area contributed by atoms with Gasteiger partial charge in [-0.2, -0.15) is 0 Å². The fourth-order valence-corrected chi connectivity index (χ4v) is 2.70. The van der Waals surface area contributed by atoms with Crippen LogP contribution in [0.1, 0.15) is 26.7 Å². The predicted molar refractivity (Wildman–Crippen MR) is 92.0 cm³/mol. The van der Waals surface area contributed by atoms with Gasteiger partial charge in [0.25, 0.3) is 11.2 Å². The molecule has 0 aliphatic carbocycles. The van der Waals surface area contributed by atoms with E-state index in [4.69, 9.17) is 0 Å². The van der Waals surface area contributed by atoms with Gasteiger partial charge in [0, 0.05) is 36.7 Å². The van der Waals surface area contributed by atoms with E-state index >= 15 is 0 Å². The quantitative estimate of drug-likeness (QED) is 0.576. The van der Waals surface area contributed by atoms with Crippen molar-refractivity contribution in [3.8, 4) is 0 Å². The topological polar surface area (TPSA) is 85.5 Å². The van der Waals surface area contributed by atoms with Gasteiger partial charge >= 0.3 is 0 Å². The van der Waals surface area contributed by atoms with E-state index in [0.717, 1.165) is 12.8 Å². The van der Waals surface area contributed by atoms with E-state index in [2.05, 4.69) is 0 Å². The molecule has 0 aliphatic heterocycles. The second-order valence-electron chi connectivity index (χ2n) is 5.64. The number of amides is 1. The molecule has 1 aromatic carbocycles. The highest BCUT2D eigenvalue weighted by molar-refractivity contribution is 5.84. The fourth-order valence-electron chi connectivity index (χ4n) is 2.70. The van der Waals surface area contributed by atoms with E-state index in [1.807, 2.05) is 13.8 Å². The molecule has 2 aromatic rings. The van der Waals surface area contributed by atoms with Crippen molar-refractivity contribution in [2.75, 3.05) is 13.1 Å². The molecule has 2 rings (SSSR count). The van der Waals surface area contributed by atoms with Crippen LogP contribution in [0.2, 0.25) is 0 Å². The molecule has 1 aromatic heterocycles. The molecule has 0 radical (unpaired) electrons. The molecule has 0 saturated carbocycles. The Morgan fingerprint density at radius 2 is 1.83 bits per heavy atom. The molecule has 7 heteroatoms. The third kappa shape index (κ3) is 3.79. The van der Waals surface area contributed by atoms with Gasteiger partial charge in [0.2, 0.25) is 5.91 Å². The molecule has 0 unspecified atom stereocenters. The Morgan fingerprint density at radius 1 is 1.17 bits per heavy atom. The number of fused-ring (bicyclic) bond motifs is 1. The number of nitro groups is 1. The number of pyridine rings is 1. The molecule has 0 spiro atoms. The lowest BCUT2D eigenvalue weighted by Crippen LogP contribution is -2.37. The highest BCUT2D eigenvalue weighted by atomic mass is 16.6. The predicted octanol–water partition coefficient (Wildman–Crippen LogP) is 2.56. The molecule has 0 aliphatic rings. The van der Waals surface area contributed by atoms with Crippen molar-refractivity contribution in [3.63, 3.8) is 0 Å². The zero-order valence-corrected chi connectivity index (χ0v) is 13.9. The zero-order chi connectivity index (χ0) is 17.7. The van der Waals surface area contributed by atoms with Gasteiger partial charge in [-0.15, -0.1) is 0 Å². The van der Waals surface area contributed by atoms with E-state index in [-0.39, 0.29) is 23.7 Å². The van der Waals surface area contributed by atoms with Crippen molar-refractivity contribution in [1.29, 1.82) is 0 Å². The Bertz CT molecular complexity index is 807. The van der Waals surface area contributed by atoms with Crippen LogP contribution in [0, 0.1) is 10.1 Å². The maximum Gasteiger partial charge on any atom is 0.270 e. The van der Waals surface area contributed by atoms with E-state index < -0.39 is 4.92 Å². The maximum absolute atomic E-state index is 12.5. The molecule has 1 heterocycles. The Hall–Kier alpha value is -2.70. The van der Waals surface area contributed by atoms with Crippen molar-refractivity contribution in [2.24, 2.45) is 0 Å². The van der Waals surface area contributed by atoms with Gasteiger partial charge in [0.05, 0.1) is 10.4 Å². The Kier molecular flexibility index (Phi) is 5.68. The Labute approximate surface area is 139 Å². The van der Waals surface area contributed by atoms with Crippen molar-refractivity contribution >= 4 is 22.5 Å². The summed E-state index contributed by atoms with van der Waals surface area (Å²) >= 11 is 0. The van der Waals surface area contributed by atoms with Crippen LogP contribution in [-0.2, 0) is 11.3 Å². The normalized spacial score (nSPS) is 10.8. The maximum atomic E-state index is 12.5. The smallest absolute Gasteiger partial charge is 0.270 e. The summed E-state index contributed by atoms with van der Waals surface area (Å²) in [6.07, 6.45) is 1.70. The second-order valence-corrected chi connectivity index (χ2v) is 5.64. The van der Waals surface area contributed by atoms with Crippen LogP contribution in [-0.4, -0.2) is 33.4 Å². The molecular weight excluding hydrogens is 310 g/mol. The van der Waals surface area contributed by atoms with Crippen LogP contribution in [0.5, 0.6) is 0 Å². The van der Waals surface area contributed by atoms with Gasteiger partial charge in [-0.3, -0.25) is 24.3 Å². The highest BCUT2D eigenvalue weighted by Gasteiger charge is 2.15. The number of nitro benzene ring substituents is 1. The molecule has 1 amide bonds. The molecule has 0 saturated heterocycles. The van der Waals surface area contributed by atoms with E-state index in [1.54, 1.807) is 11.0 Å². The van der Waals surface area contributed by atoms with Gasteiger partial charge < -0.3 is 4.90 Å². The lowest BCUT2D eigenvalue weighted by molar-refractivity contribution is -0.384. The lowest BCUT2D eigenvalue weighted by Gasteiger charge is -2.22. The second kappa shape index (κ2) is 7.72. The molecule has 0 bridgehead atoms.